The van der Waals surface area contributed by atoms with Crippen molar-refractivity contribution in [3.05, 3.63) is 42.2 Å². The molecular weight excluding hydrogens is 439 g/mol. The van der Waals surface area contributed by atoms with Crippen LogP contribution >= 0.6 is 0 Å². The van der Waals surface area contributed by atoms with Gasteiger partial charge in [-0.1, -0.05) is 6.42 Å². The van der Waals surface area contributed by atoms with Crippen LogP contribution in [0.2, 0.25) is 0 Å². The van der Waals surface area contributed by atoms with E-state index in [1.54, 1.807) is 18.5 Å². The number of benzene rings is 1. The number of fused-ring (bicyclic) bond motifs is 1. The number of alkyl halides is 3. The topological polar surface area (TPSA) is 109 Å². The number of methoxy groups -OCH3 is 1. The molecule has 0 spiro atoms. The molecule has 3 N–H and O–H groups in total. The molecule has 0 saturated carbocycles. The summed E-state index contributed by atoms with van der Waals surface area (Å²) < 4.78 is 44.5. The highest BCUT2D eigenvalue weighted by Gasteiger charge is 2.31. The molecule has 1 aliphatic rings. The summed E-state index contributed by atoms with van der Waals surface area (Å²) in [6, 6.07) is 5.38. The summed E-state index contributed by atoms with van der Waals surface area (Å²) in [7, 11) is 1.34. The van der Waals surface area contributed by atoms with Gasteiger partial charge < -0.3 is 20.5 Å². The lowest BCUT2D eigenvalue weighted by Crippen LogP contribution is -2.31. The van der Waals surface area contributed by atoms with Crippen molar-refractivity contribution in [3.8, 4) is 17.0 Å². The van der Waals surface area contributed by atoms with Crippen molar-refractivity contribution in [2.24, 2.45) is 0 Å². The molecule has 8 nitrogen and oxygen atoms in total. The first kappa shape index (κ1) is 24.2. The van der Waals surface area contributed by atoms with Gasteiger partial charge in [0.1, 0.15) is 11.4 Å². The van der Waals surface area contributed by atoms with Gasteiger partial charge in [-0.25, -0.2) is 0 Å². The van der Waals surface area contributed by atoms with Gasteiger partial charge in [0.15, 0.2) is 5.82 Å². The standard InChI is InChI=1S/C21H22F3N5O.CH2O2/c1-30-18-10-13(21(22,23)24)5-6-16(18)19-15-7-9-26-12-17(15)20(29-28-19)27-14-4-2-3-8-25-11-14;2-1-3/h5-7,9-10,12,14,25H,2-4,8,11H2,1H3,(H,27,29);1H,(H,2,3)/t14-;/m1./s1. The number of halogens is 3. The monoisotopic (exact) mass is 463 g/mol. The van der Waals surface area contributed by atoms with Gasteiger partial charge in [-0.05, 0) is 43.7 Å². The summed E-state index contributed by atoms with van der Waals surface area (Å²) in [5.74, 6) is 0.701. The fraction of sp³-hybridized carbons (Fsp3) is 0.364. The number of hydrogen-bond acceptors (Lipinski definition) is 7. The van der Waals surface area contributed by atoms with E-state index in [-0.39, 0.29) is 18.3 Å². The van der Waals surface area contributed by atoms with E-state index in [1.165, 1.54) is 13.2 Å². The van der Waals surface area contributed by atoms with Crippen LogP contribution in [0, 0.1) is 0 Å². The van der Waals surface area contributed by atoms with Gasteiger partial charge in [0.2, 0.25) is 0 Å². The fourth-order valence-electron chi connectivity index (χ4n) is 3.70. The maximum absolute atomic E-state index is 13.1. The molecule has 1 fully saturated rings. The summed E-state index contributed by atoms with van der Waals surface area (Å²) in [5, 5.41) is 23.9. The van der Waals surface area contributed by atoms with Gasteiger partial charge in [-0.15, -0.1) is 10.2 Å². The van der Waals surface area contributed by atoms with E-state index in [1.807, 2.05) is 0 Å². The summed E-state index contributed by atoms with van der Waals surface area (Å²) >= 11 is 0. The summed E-state index contributed by atoms with van der Waals surface area (Å²) in [4.78, 5) is 12.6. The zero-order valence-electron chi connectivity index (χ0n) is 17.9. The predicted molar refractivity (Wildman–Crippen MR) is 117 cm³/mol. The normalized spacial score (nSPS) is 16.3. The van der Waals surface area contributed by atoms with E-state index >= 15 is 0 Å². The molecule has 0 aliphatic carbocycles. The quantitative estimate of drug-likeness (QED) is 0.499. The van der Waals surface area contributed by atoms with E-state index in [2.05, 4.69) is 25.8 Å². The lowest BCUT2D eigenvalue weighted by atomic mass is 10.0. The van der Waals surface area contributed by atoms with Gasteiger partial charge in [0.25, 0.3) is 6.47 Å². The molecule has 0 bridgehead atoms. The van der Waals surface area contributed by atoms with Crippen molar-refractivity contribution in [3.63, 3.8) is 0 Å². The molecule has 1 atom stereocenters. The number of aromatic nitrogens is 3. The summed E-state index contributed by atoms with van der Waals surface area (Å²) in [6.45, 7) is 1.58. The third kappa shape index (κ3) is 5.86. The molecule has 1 saturated heterocycles. The first-order valence-electron chi connectivity index (χ1n) is 10.3. The maximum Gasteiger partial charge on any atom is 0.416 e. The van der Waals surface area contributed by atoms with Crippen LogP contribution in [0.25, 0.3) is 22.0 Å². The molecule has 4 rings (SSSR count). The molecule has 3 aromatic rings. The molecule has 0 radical (unpaired) electrons. The fourth-order valence-corrected chi connectivity index (χ4v) is 3.70. The van der Waals surface area contributed by atoms with E-state index in [4.69, 9.17) is 14.6 Å². The lowest BCUT2D eigenvalue weighted by Gasteiger charge is -2.19. The van der Waals surface area contributed by atoms with Gasteiger partial charge in [0, 0.05) is 41.3 Å². The second-order valence-corrected chi connectivity index (χ2v) is 7.38. The summed E-state index contributed by atoms with van der Waals surface area (Å²) in [5.41, 5.74) is 0.112. The first-order valence-corrected chi connectivity index (χ1v) is 10.3. The Morgan fingerprint density at radius 3 is 2.73 bits per heavy atom. The molecule has 1 aromatic carbocycles. The number of carboxylic acid groups (broad SMARTS) is 1. The van der Waals surface area contributed by atoms with Crippen LogP contribution in [0.5, 0.6) is 5.75 Å². The minimum absolute atomic E-state index is 0.0888. The van der Waals surface area contributed by atoms with Crippen LogP contribution in [0.15, 0.2) is 36.7 Å². The summed E-state index contributed by atoms with van der Waals surface area (Å²) in [6.07, 6.45) is 2.14. The zero-order valence-corrected chi connectivity index (χ0v) is 17.9. The van der Waals surface area contributed by atoms with Crippen molar-refractivity contribution >= 4 is 23.1 Å². The van der Waals surface area contributed by atoms with E-state index in [0.29, 0.717) is 17.1 Å². The largest absolute Gasteiger partial charge is 0.496 e. The minimum atomic E-state index is -4.45. The molecular formula is C22H24F3N5O3. The van der Waals surface area contributed by atoms with Crippen molar-refractivity contribution in [2.75, 3.05) is 25.5 Å². The van der Waals surface area contributed by atoms with Crippen LogP contribution in [-0.4, -0.2) is 53.0 Å². The maximum atomic E-state index is 13.1. The number of carbonyl (C=O) groups is 1. The highest BCUT2D eigenvalue weighted by atomic mass is 19.4. The van der Waals surface area contributed by atoms with Crippen molar-refractivity contribution < 1.29 is 27.8 Å². The average Bonchev–Trinajstić information content (AvgIpc) is 3.07. The van der Waals surface area contributed by atoms with Crippen LogP contribution < -0.4 is 15.4 Å². The SMILES string of the molecule is COc1cc(C(F)(F)F)ccc1-c1nnc(N[C@@H]2CCCCNC2)c2cnccc12.O=CO. The molecule has 2 aromatic heterocycles. The van der Waals surface area contributed by atoms with Crippen molar-refractivity contribution in [1.29, 1.82) is 0 Å². The van der Waals surface area contributed by atoms with Gasteiger partial charge in [-0.3, -0.25) is 9.78 Å². The third-order valence-electron chi connectivity index (χ3n) is 5.25. The second kappa shape index (κ2) is 10.9. The van der Waals surface area contributed by atoms with Crippen LogP contribution in [0.4, 0.5) is 19.0 Å². The van der Waals surface area contributed by atoms with Crippen LogP contribution in [0.3, 0.4) is 0 Å². The molecule has 176 valence electrons. The molecule has 3 heterocycles. The second-order valence-electron chi connectivity index (χ2n) is 7.38. The number of nitrogens with one attached hydrogen (secondary N) is 2. The highest BCUT2D eigenvalue weighted by molar-refractivity contribution is 6.00. The van der Waals surface area contributed by atoms with E-state index in [9.17, 15) is 13.2 Å². The van der Waals surface area contributed by atoms with Crippen molar-refractivity contribution in [1.82, 2.24) is 20.5 Å². The molecule has 0 unspecified atom stereocenters. The van der Waals surface area contributed by atoms with Crippen LogP contribution in [-0.2, 0) is 11.0 Å². The molecule has 11 heteroatoms. The molecule has 0 amide bonds. The van der Waals surface area contributed by atoms with Gasteiger partial charge >= 0.3 is 6.18 Å². The minimum Gasteiger partial charge on any atom is -0.496 e. The number of anilines is 1. The Morgan fingerprint density at radius 1 is 1.21 bits per heavy atom. The highest BCUT2D eigenvalue weighted by Crippen LogP contribution is 2.39. The predicted octanol–water partition coefficient (Wildman–Crippen LogP) is 3.97. The number of nitrogens with zero attached hydrogens (tertiary/aromatic N) is 3. The molecule has 1 aliphatic heterocycles. The smallest absolute Gasteiger partial charge is 0.416 e. The first-order chi connectivity index (χ1) is 15.9. The Labute approximate surface area is 188 Å². The lowest BCUT2D eigenvalue weighted by molar-refractivity contribution is -0.137. The Kier molecular flexibility index (Phi) is 7.99. The Hall–Kier alpha value is -3.47. The van der Waals surface area contributed by atoms with Crippen LogP contribution in [0.1, 0.15) is 24.8 Å². The van der Waals surface area contributed by atoms with Crippen molar-refractivity contribution in [2.45, 2.75) is 31.5 Å². The average molecular weight is 463 g/mol. The number of hydrogen-bond donors (Lipinski definition) is 3. The third-order valence-corrected chi connectivity index (χ3v) is 5.25. The number of rotatable bonds is 4. The van der Waals surface area contributed by atoms with Gasteiger partial charge in [-0.2, -0.15) is 13.2 Å². The van der Waals surface area contributed by atoms with E-state index < -0.39 is 11.7 Å². The number of pyridine rings is 1. The zero-order chi connectivity index (χ0) is 23.8. The molecule has 33 heavy (non-hydrogen) atoms. The van der Waals surface area contributed by atoms with Gasteiger partial charge in [0.05, 0.1) is 12.7 Å². The Bertz CT molecular complexity index is 1090. The van der Waals surface area contributed by atoms with E-state index in [0.717, 1.165) is 55.3 Å². The number of ether oxygens (including phenoxy) is 1. The Morgan fingerprint density at radius 2 is 2.00 bits per heavy atom. The Balaban J connectivity index is 0.000000968.